The van der Waals surface area contributed by atoms with Crippen molar-refractivity contribution in [3.05, 3.63) is 0 Å². The fourth-order valence-electron chi connectivity index (χ4n) is 1.01. The molecule has 1 fully saturated rings. The molecule has 0 aromatic carbocycles. The molecule has 66 valence electrons. The van der Waals surface area contributed by atoms with Gasteiger partial charge in [-0.25, -0.2) is 4.39 Å². The monoisotopic (exact) mass is 164 g/mol. The topological polar surface area (TPSA) is 38.7 Å². The van der Waals surface area contributed by atoms with E-state index in [1.807, 2.05) is 0 Å². The van der Waals surface area contributed by atoms with Crippen LogP contribution in [0.1, 0.15) is 13.8 Å². The lowest BCUT2D eigenvalue weighted by Gasteiger charge is -2.17. The Hall–Kier alpha value is -0.190. The molecule has 1 saturated heterocycles. The maximum atomic E-state index is 12.7. The van der Waals surface area contributed by atoms with Crippen LogP contribution in [0, 0.1) is 0 Å². The van der Waals surface area contributed by atoms with Crippen molar-refractivity contribution >= 4 is 0 Å². The molecule has 2 unspecified atom stereocenters. The third kappa shape index (κ3) is 2.12. The van der Waals surface area contributed by atoms with E-state index in [0.29, 0.717) is 0 Å². The Balaban J connectivity index is 2.41. The summed E-state index contributed by atoms with van der Waals surface area (Å²) in [5.74, 6) is -0.704. The Morgan fingerprint density at radius 3 is 2.73 bits per heavy atom. The van der Waals surface area contributed by atoms with Gasteiger partial charge in [-0.1, -0.05) is 0 Å². The molecule has 2 atom stereocenters. The van der Waals surface area contributed by atoms with Gasteiger partial charge in [-0.3, -0.25) is 0 Å². The van der Waals surface area contributed by atoms with E-state index in [1.54, 1.807) is 13.8 Å². The highest BCUT2D eigenvalue weighted by Gasteiger charge is 2.37. The van der Waals surface area contributed by atoms with Crippen molar-refractivity contribution in [2.24, 2.45) is 0 Å². The Morgan fingerprint density at radius 2 is 2.36 bits per heavy atom. The van der Waals surface area contributed by atoms with Crippen molar-refractivity contribution in [3.63, 3.8) is 0 Å². The fourth-order valence-corrected chi connectivity index (χ4v) is 1.01. The van der Waals surface area contributed by atoms with Crippen LogP contribution in [0.3, 0.4) is 0 Å². The number of aliphatic hydroxyl groups is 1. The van der Waals surface area contributed by atoms with Crippen LogP contribution in [-0.2, 0) is 9.47 Å². The van der Waals surface area contributed by atoms with E-state index in [9.17, 15) is 4.39 Å². The maximum absolute atomic E-state index is 12.7. The smallest absolute Gasteiger partial charge is 0.163 e. The molecule has 0 aliphatic carbocycles. The van der Waals surface area contributed by atoms with Crippen LogP contribution in [0.4, 0.5) is 4.39 Å². The van der Waals surface area contributed by atoms with Gasteiger partial charge in [0.2, 0.25) is 0 Å². The molecule has 0 saturated carbocycles. The van der Waals surface area contributed by atoms with Crippen LogP contribution in [0.15, 0.2) is 0 Å². The van der Waals surface area contributed by atoms with Gasteiger partial charge in [0.15, 0.2) is 12.0 Å². The first kappa shape index (κ1) is 8.90. The minimum Gasteiger partial charge on any atom is -0.393 e. The molecular formula is C7H13FO3. The first-order valence-electron chi connectivity index (χ1n) is 3.62. The molecule has 1 aliphatic rings. The number of ether oxygens (including phenoxy) is 2. The Labute approximate surface area is 65.1 Å². The molecule has 11 heavy (non-hydrogen) atoms. The normalized spacial score (nSPS) is 32.2. The zero-order chi connectivity index (χ0) is 8.48. The first-order valence-corrected chi connectivity index (χ1v) is 3.62. The van der Waals surface area contributed by atoms with Crippen molar-refractivity contribution in [2.45, 2.75) is 31.9 Å². The lowest BCUT2D eigenvalue weighted by molar-refractivity contribution is -0.147. The zero-order valence-electron chi connectivity index (χ0n) is 6.71. The molecule has 4 heteroatoms. The van der Waals surface area contributed by atoms with E-state index in [-0.39, 0.29) is 6.61 Å². The molecule has 0 amide bonds. The highest BCUT2D eigenvalue weighted by atomic mass is 19.1. The number of alkyl halides is 1. The van der Waals surface area contributed by atoms with Gasteiger partial charge < -0.3 is 14.6 Å². The van der Waals surface area contributed by atoms with E-state index in [4.69, 9.17) is 14.6 Å². The predicted octanol–water partition coefficient (Wildman–Crippen LogP) is 0.468. The van der Waals surface area contributed by atoms with E-state index in [2.05, 4.69) is 0 Å². The van der Waals surface area contributed by atoms with Gasteiger partial charge in [-0.2, -0.15) is 0 Å². The molecule has 0 radical (unpaired) electrons. The lowest BCUT2D eigenvalue weighted by Crippen LogP contribution is -2.30. The summed E-state index contributed by atoms with van der Waals surface area (Å²) >= 11 is 0. The van der Waals surface area contributed by atoms with Crippen molar-refractivity contribution in [3.8, 4) is 0 Å². The van der Waals surface area contributed by atoms with Gasteiger partial charge in [0, 0.05) is 0 Å². The summed E-state index contributed by atoms with van der Waals surface area (Å²) in [5.41, 5.74) is 0. The van der Waals surface area contributed by atoms with Crippen LogP contribution in [0.5, 0.6) is 0 Å². The number of hydrogen-bond acceptors (Lipinski definition) is 3. The standard InChI is InChI=1S/C7H13FO3/c1-7(2)10-4-6(11-7)5(8)3-9/h5-6,9H,3-4H2,1-2H3. The quantitative estimate of drug-likeness (QED) is 0.644. The van der Waals surface area contributed by atoms with Crippen molar-refractivity contribution in [1.29, 1.82) is 0 Å². The third-order valence-electron chi connectivity index (χ3n) is 1.61. The molecule has 1 rings (SSSR count). The summed E-state index contributed by atoms with van der Waals surface area (Å²) in [6.45, 7) is 3.15. The Bertz CT molecular complexity index is 138. The summed E-state index contributed by atoms with van der Waals surface area (Å²) in [4.78, 5) is 0. The van der Waals surface area contributed by atoms with Gasteiger partial charge in [0.25, 0.3) is 0 Å². The highest BCUT2D eigenvalue weighted by Crippen LogP contribution is 2.24. The third-order valence-corrected chi connectivity index (χ3v) is 1.61. The number of rotatable bonds is 2. The minimum atomic E-state index is -1.34. The molecule has 1 heterocycles. The average molecular weight is 164 g/mol. The summed E-state index contributed by atoms with van der Waals surface area (Å²) in [5, 5.41) is 8.45. The van der Waals surface area contributed by atoms with E-state index in [1.165, 1.54) is 0 Å². The molecule has 0 bridgehead atoms. The van der Waals surface area contributed by atoms with Gasteiger partial charge in [0.1, 0.15) is 6.10 Å². The molecule has 0 aromatic rings. The second kappa shape index (κ2) is 3.05. The minimum absolute atomic E-state index is 0.217. The number of hydrogen-bond donors (Lipinski definition) is 1. The summed E-state index contributed by atoms with van der Waals surface area (Å²) in [6, 6.07) is 0. The molecule has 0 spiro atoms. The van der Waals surface area contributed by atoms with Gasteiger partial charge in [-0.05, 0) is 13.8 Å². The van der Waals surface area contributed by atoms with Crippen molar-refractivity contribution < 1.29 is 19.0 Å². The Morgan fingerprint density at radius 1 is 1.73 bits per heavy atom. The molecule has 1 aliphatic heterocycles. The van der Waals surface area contributed by atoms with Gasteiger partial charge in [0.05, 0.1) is 13.2 Å². The number of aliphatic hydroxyl groups excluding tert-OH is 1. The Kier molecular flexibility index (Phi) is 2.47. The first-order chi connectivity index (χ1) is 5.05. The predicted molar refractivity (Wildman–Crippen MR) is 36.9 cm³/mol. The van der Waals surface area contributed by atoms with Gasteiger partial charge >= 0.3 is 0 Å². The van der Waals surface area contributed by atoms with Crippen LogP contribution in [0.25, 0.3) is 0 Å². The van der Waals surface area contributed by atoms with Crippen LogP contribution in [0.2, 0.25) is 0 Å². The van der Waals surface area contributed by atoms with E-state index >= 15 is 0 Å². The summed E-state index contributed by atoms with van der Waals surface area (Å²) in [6.07, 6.45) is -1.95. The zero-order valence-corrected chi connectivity index (χ0v) is 6.71. The largest absolute Gasteiger partial charge is 0.393 e. The van der Waals surface area contributed by atoms with Gasteiger partial charge in [-0.15, -0.1) is 0 Å². The SMILES string of the molecule is CC1(C)OCC(C(F)CO)O1. The molecule has 1 N–H and O–H groups in total. The fraction of sp³-hybridized carbons (Fsp3) is 1.00. The van der Waals surface area contributed by atoms with Crippen LogP contribution < -0.4 is 0 Å². The van der Waals surface area contributed by atoms with Crippen LogP contribution in [-0.4, -0.2) is 36.4 Å². The second-order valence-corrected chi connectivity index (χ2v) is 3.07. The van der Waals surface area contributed by atoms with E-state index < -0.39 is 24.7 Å². The summed E-state index contributed by atoms with van der Waals surface area (Å²) < 4.78 is 23.0. The van der Waals surface area contributed by atoms with Crippen molar-refractivity contribution in [2.75, 3.05) is 13.2 Å². The molecule has 3 nitrogen and oxygen atoms in total. The second-order valence-electron chi connectivity index (χ2n) is 3.07. The summed E-state index contributed by atoms with van der Waals surface area (Å²) in [7, 11) is 0. The maximum Gasteiger partial charge on any atom is 0.163 e. The van der Waals surface area contributed by atoms with Crippen LogP contribution >= 0.6 is 0 Å². The van der Waals surface area contributed by atoms with E-state index in [0.717, 1.165) is 0 Å². The molecule has 0 aromatic heterocycles. The highest BCUT2D eigenvalue weighted by molar-refractivity contribution is 4.76. The number of halogens is 1. The molecular weight excluding hydrogens is 151 g/mol. The lowest BCUT2D eigenvalue weighted by atomic mass is 10.2. The van der Waals surface area contributed by atoms with Crippen molar-refractivity contribution in [1.82, 2.24) is 0 Å². The average Bonchev–Trinajstić information content (AvgIpc) is 2.29.